The molecule has 0 aliphatic heterocycles. The molecule has 22 heavy (non-hydrogen) atoms. The molecule has 1 amide bonds. The first-order valence-corrected chi connectivity index (χ1v) is 8.05. The highest BCUT2D eigenvalue weighted by Gasteiger charge is 2.03. The van der Waals surface area contributed by atoms with Crippen molar-refractivity contribution in [1.29, 1.82) is 0 Å². The van der Waals surface area contributed by atoms with Crippen molar-refractivity contribution in [2.75, 3.05) is 0 Å². The SMILES string of the molecule is CC(C)CCCCc1ccc(-c2cccc(C(N)=O)c2)cc1. The fourth-order valence-corrected chi connectivity index (χ4v) is 2.60. The number of carbonyl (C=O) groups excluding carboxylic acids is 1. The number of aryl methyl sites for hydroxylation is 1. The summed E-state index contributed by atoms with van der Waals surface area (Å²) in [5.74, 6) is 0.406. The number of rotatable bonds is 7. The topological polar surface area (TPSA) is 43.1 Å². The number of nitrogens with two attached hydrogens (primary N) is 1. The van der Waals surface area contributed by atoms with E-state index in [-0.39, 0.29) is 5.91 Å². The second kappa shape index (κ2) is 7.79. The minimum Gasteiger partial charge on any atom is -0.366 e. The predicted molar refractivity (Wildman–Crippen MR) is 92.8 cm³/mol. The van der Waals surface area contributed by atoms with Crippen LogP contribution in [0.1, 0.15) is 49.0 Å². The van der Waals surface area contributed by atoms with E-state index in [9.17, 15) is 4.79 Å². The van der Waals surface area contributed by atoms with Crippen LogP contribution in [0.5, 0.6) is 0 Å². The number of carbonyl (C=O) groups is 1. The van der Waals surface area contributed by atoms with Gasteiger partial charge in [-0.05, 0) is 47.6 Å². The Morgan fingerprint density at radius 1 is 1.00 bits per heavy atom. The van der Waals surface area contributed by atoms with Crippen molar-refractivity contribution in [2.45, 2.75) is 39.5 Å². The highest BCUT2D eigenvalue weighted by atomic mass is 16.1. The summed E-state index contributed by atoms with van der Waals surface area (Å²) in [6, 6.07) is 16.1. The number of amides is 1. The van der Waals surface area contributed by atoms with E-state index >= 15 is 0 Å². The van der Waals surface area contributed by atoms with Gasteiger partial charge < -0.3 is 5.73 Å². The van der Waals surface area contributed by atoms with Gasteiger partial charge in [-0.15, -0.1) is 0 Å². The van der Waals surface area contributed by atoms with E-state index in [1.54, 1.807) is 6.07 Å². The van der Waals surface area contributed by atoms with Gasteiger partial charge in [-0.25, -0.2) is 0 Å². The second-order valence-corrected chi connectivity index (χ2v) is 6.28. The Kier molecular flexibility index (Phi) is 5.76. The van der Waals surface area contributed by atoms with Crippen molar-refractivity contribution >= 4 is 5.91 Å². The van der Waals surface area contributed by atoms with E-state index in [4.69, 9.17) is 5.73 Å². The molecule has 2 heteroatoms. The van der Waals surface area contributed by atoms with Crippen LogP contribution in [0.4, 0.5) is 0 Å². The predicted octanol–water partition coefficient (Wildman–Crippen LogP) is 4.82. The van der Waals surface area contributed by atoms with Crippen molar-refractivity contribution in [3.05, 3.63) is 59.7 Å². The van der Waals surface area contributed by atoms with Gasteiger partial charge in [-0.2, -0.15) is 0 Å². The summed E-state index contributed by atoms with van der Waals surface area (Å²) in [5, 5.41) is 0. The molecular weight excluding hydrogens is 270 g/mol. The summed E-state index contributed by atoms with van der Waals surface area (Å²) < 4.78 is 0. The Labute approximate surface area is 133 Å². The molecule has 0 aliphatic rings. The summed E-state index contributed by atoms with van der Waals surface area (Å²) in [7, 11) is 0. The van der Waals surface area contributed by atoms with Gasteiger partial charge in [0.1, 0.15) is 0 Å². The number of benzene rings is 2. The van der Waals surface area contributed by atoms with Crippen molar-refractivity contribution in [1.82, 2.24) is 0 Å². The third-order valence-electron chi connectivity index (χ3n) is 3.93. The Bertz CT molecular complexity index is 614. The lowest BCUT2D eigenvalue weighted by atomic mass is 9.99. The summed E-state index contributed by atoms with van der Waals surface area (Å²) in [5.41, 5.74) is 9.41. The maximum Gasteiger partial charge on any atom is 0.248 e. The zero-order chi connectivity index (χ0) is 15.9. The molecule has 2 N–H and O–H groups in total. The van der Waals surface area contributed by atoms with Gasteiger partial charge in [0, 0.05) is 5.56 Å². The zero-order valence-corrected chi connectivity index (χ0v) is 13.5. The van der Waals surface area contributed by atoms with Gasteiger partial charge in [0.15, 0.2) is 0 Å². The minimum absolute atomic E-state index is 0.386. The number of unbranched alkanes of at least 4 members (excludes halogenated alkanes) is 1. The monoisotopic (exact) mass is 295 g/mol. The van der Waals surface area contributed by atoms with Crippen LogP contribution in [0.3, 0.4) is 0 Å². The van der Waals surface area contributed by atoms with Crippen LogP contribution in [0.2, 0.25) is 0 Å². The molecule has 0 unspecified atom stereocenters. The molecule has 0 aromatic heterocycles. The lowest BCUT2D eigenvalue weighted by Crippen LogP contribution is -2.10. The zero-order valence-electron chi connectivity index (χ0n) is 13.5. The molecule has 0 radical (unpaired) electrons. The summed E-state index contributed by atoms with van der Waals surface area (Å²) >= 11 is 0. The maximum atomic E-state index is 11.3. The van der Waals surface area contributed by atoms with E-state index in [0.29, 0.717) is 5.56 Å². The van der Waals surface area contributed by atoms with Crippen LogP contribution in [-0.2, 0) is 6.42 Å². The molecule has 2 nitrogen and oxygen atoms in total. The van der Waals surface area contributed by atoms with Crippen molar-refractivity contribution < 1.29 is 4.79 Å². The average molecular weight is 295 g/mol. The lowest BCUT2D eigenvalue weighted by Gasteiger charge is -2.07. The summed E-state index contributed by atoms with van der Waals surface area (Å²) in [6.45, 7) is 4.55. The van der Waals surface area contributed by atoms with Crippen LogP contribution in [0, 0.1) is 5.92 Å². The normalized spacial score (nSPS) is 10.9. The molecule has 0 aliphatic carbocycles. The first-order valence-electron chi connectivity index (χ1n) is 8.05. The second-order valence-electron chi connectivity index (χ2n) is 6.28. The van der Waals surface area contributed by atoms with Gasteiger partial charge >= 0.3 is 0 Å². The Morgan fingerprint density at radius 2 is 1.73 bits per heavy atom. The molecule has 0 saturated heterocycles. The minimum atomic E-state index is -0.386. The molecule has 2 aromatic rings. The summed E-state index contributed by atoms with van der Waals surface area (Å²) in [6.07, 6.45) is 4.97. The van der Waals surface area contributed by atoms with E-state index in [1.165, 1.54) is 24.8 Å². The molecule has 0 heterocycles. The first-order chi connectivity index (χ1) is 10.6. The van der Waals surface area contributed by atoms with Gasteiger partial charge in [0.05, 0.1) is 0 Å². The van der Waals surface area contributed by atoms with Crippen LogP contribution >= 0.6 is 0 Å². The highest BCUT2D eigenvalue weighted by molar-refractivity contribution is 5.94. The fourth-order valence-electron chi connectivity index (χ4n) is 2.60. The number of primary amides is 1. The summed E-state index contributed by atoms with van der Waals surface area (Å²) in [4.78, 5) is 11.3. The molecule has 116 valence electrons. The van der Waals surface area contributed by atoms with Gasteiger partial charge in [0.25, 0.3) is 0 Å². The van der Waals surface area contributed by atoms with Gasteiger partial charge in [0.2, 0.25) is 5.91 Å². The van der Waals surface area contributed by atoms with E-state index in [2.05, 4.69) is 38.1 Å². The molecule has 0 saturated carbocycles. The largest absolute Gasteiger partial charge is 0.366 e. The third-order valence-corrected chi connectivity index (χ3v) is 3.93. The Morgan fingerprint density at radius 3 is 2.36 bits per heavy atom. The molecule has 0 atom stereocenters. The van der Waals surface area contributed by atoms with Gasteiger partial charge in [-0.3, -0.25) is 4.79 Å². The average Bonchev–Trinajstić information content (AvgIpc) is 2.52. The number of hydrogen-bond acceptors (Lipinski definition) is 1. The van der Waals surface area contributed by atoms with Crippen LogP contribution in [-0.4, -0.2) is 5.91 Å². The van der Waals surface area contributed by atoms with Gasteiger partial charge in [-0.1, -0.05) is 63.1 Å². The Balaban J connectivity index is 1.99. The highest BCUT2D eigenvalue weighted by Crippen LogP contribution is 2.21. The van der Waals surface area contributed by atoms with Crippen molar-refractivity contribution in [2.24, 2.45) is 11.7 Å². The molecule has 0 fully saturated rings. The van der Waals surface area contributed by atoms with Crippen LogP contribution in [0.15, 0.2) is 48.5 Å². The van der Waals surface area contributed by atoms with Crippen molar-refractivity contribution in [3.63, 3.8) is 0 Å². The maximum absolute atomic E-state index is 11.3. The number of hydrogen-bond donors (Lipinski definition) is 1. The Hall–Kier alpha value is -2.09. The molecular formula is C20H25NO. The standard InChI is InChI=1S/C20H25NO/c1-15(2)6-3-4-7-16-10-12-17(13-11-16)18-8-5-9-19(14-18)20(21)22/h5,8-15H,3-4,6-7H2,1-2H3,(H2,21,22). The van der Waals surface area contributed by atoms with Crippen molar-refractivity contribution in [3.8, 4) is 11.1 Å². The molecule has 0 spiro atoms. The van der Waals surface area contributed by atoms with E-state index in [0.717, 1.165) is 23.5 Å². The van der Waals surface area contributed by atoms with E-state index < -0.39 is 0 Å². The molecule has 0 bridgehead atoms. The third kappa shape index (κ3) is 4.73. The molecule has 2 aromatic carbocycles. The van der Waals surface area contributed by atoms with Crippen LogP contribution < -0.4 is 5.73 Å². The quantitative estimate of drug-likeness (QED) is 0.731. The smallest absolute Gasteiger partial charge is 0.248 e. The molecule has 2 rings (SSSR count). The van der Waals surface area contributed by atoms with Crippen LogP contribution in [0.25, 0.3) is 11.1 Å². The first kappa shape index (κ1) is 16.3. The fraction of sp³-hybridized carbons (Fsp3) is 0.350. The lowest BCUT2D eigenvalue weighted by molar-refractivity contribution is 0.100. The van der Waals surface area contributed by atoms with E-state index in [1.807, 2.05) is 18.2 Å².